The zero-order valence-corrected chi connectivity index (χ0v) is 16.5. The lowest BCUT2D eigenvalue weighted by Gasteiger charge is -2.29. The quantitative estimate of drug-likeness (QED) is 0.761. The van der Waals surface area contributed by atoms with Crippen molar-refractivity contribution >= 4 is 17.7 Å². The van der Waals surface area contributed by atoms with Gasteiger partial charge in [0.2, 0.25) is 11.8 Å². The number of carbonyl (C=O) groups excluding carboxylic acids is 3. The van der Waals surface area contributed by atoms with Gasteiger partial charge in [-0.2, -0.15) is 0 Å². The van der Waals surface area contributed by atoms with Gasteiger partial charge in [0.15, 0.2) is 0 Å². The number of carbonyl (C=O) groups is 3. The van der Waals surface area contributed by atoms with Crippen LogP contribution in [0.25, 0.3) is 0 Å². The summed E-state index contributed by atoms with van der Waals surface area (Å²) in [6.45, 7) is 1.77. The molecule has 7 heteroatoms. The van der Waals surface area contributed by atoms with E-state index >= 15 is 0 Å². The number of nitrogens with zero attached hydrogens (tertiary/aromatic N) is 1. The first-order chi connectivity index (χ1) is 14.6. The van der Waals surface area contributed by atoms with E-state index in [2.05, 4.69) is 16.7 Å². The molecular weight excluding hydrogens is 382 g/mol. The summed E-state index contributed by atoms with van der Waals surface area (Å²) >= 11 is 0. The molecule has 0 spiro atoms. The molecule has 154 valence electrons. The molecule has 5 rings (SSSR count). The number of benzene rings is 2. The highest BCUT2D eigenvalue weighted by molar-refractivity contribution is 6.05. The van der Waals surface area contributed by atoms with Crippen molar-refractivity contribution in [2.45, 2.75) is 44.4 Å². The van der Waals surface area contributed by atoms with Crippen LogP contribution in [0.2, 0.25) is 0 Å². The van der Waals surface area contributed by atoms with Gasteiger partial charge >= 0.3 is 0 Å². The predicted octanol–water partition coefficient (Wildman–Crippen LogP) is 2.06. The minimum atomic E-state index is -0.581. The smallest absolute Gasteiger partial charge is 0.255 e. The highest BCUT2D eigenvalue weighted by atomic mass is 16.5. The molecule has 0 radical (unpaired) electrons. The maximum atomic E-state index is 12.8. The van der Waals surface area contributed by atoms with Crippen molar-refractivity contribution in [1.82, 2.24) is 15.5 Å². The number of amides is 3. The monoisotopic (exact) mass is 405 g/mol. The standard InChI is InChI=1S/C23H23N3O4/c27-21-8-7-19(22(28)25-21)26-13-15-11-14(5-6-16(15)23(26)29)12-24-18-9-10-30-20-4-2-1-3-17(18)20/h1-6,11,18-19,24H,7-10,12-13H2,(H,25,27,28)/t18-,19?/m0/s1. The van der Waals surface area contributed by atoms with Gasteiger partial charge in [0.25, 0.3) is 5.91 Å². The van der Waals surface area contributed by atoms with Crippen molar-refractivity contribution in [2.75, 3.05) is 6.61 Å². The Bertz CT molecular complexity index is 1030. The Morgan fingerprint density at radius 1 is 1.10 bits per heavy atom. The van der Waals surface area contributed by atoms with E-state index in [1.54, 1.807) is 4.90 Å². The van der Waals surface area contributed by atoms with E-state index in [4.69, 9.17) is 4.74 Å². The van der Waals surface area contributed by atoms with Crippen molar-refractivity contribution in [2.24, 2.45) is 0 Å². The molecule has 0 bridgehead atoms. The van der Waals surface area contributed by atoms with Crippen LogP contribution in [0.5, 0.6) is 5.75 Å². The molecule has 0 aromatic heterocycles. The van der Waals surface area contributed by atoms with Crippen LogP contribution in [0.4, 0.5) is 0 Å². The Labute approximate surface area is 174 Å². The molecule has 3 heterocycles. The average molecular weight is 405 g/mol. The van der Waals surface area contributed by atoms with E-state index in [1.165, 1.54) is 5.56 Å². The molecule has 2 N–H and O–H groups in total. The number of ether oxygens (including phenoxy) is 1. The Kier molecular flexibility index (Phi) is 4.75. The Balaban J connectivity index is 1.28. The Morgan fingerprint density at radius 3 is 2.83 bits per heavy atom. The molecule has 3 aliphatic heterocycles. The van der Waals surface area contributed by atoms with Crippen molar-refractivity contribution in [1.29, 1.82) is 0 Å². The summed E-state index contributed by atoms with van der Waals surface area (Å²) in [5, 5.41) is 5.94. The fourth-order valence-corrected chi connectivity index (χ4v) is 4.53. The van der Waals surface area contributed by atoms with Crippen molar-refractivity contribution in [3.05, 3.63) is 64.7 Å². The van der Waals surface area contributed by atoms with Gasteiger partial charge in [-0.1, -0.05) is 30.3 Å². The van der Waals surface area contributed by atoms with Crippen LogP contribution in [0.1, 0.15) is 52.4 Å². The topological polar surface area (TPSA) is 87.7 Å². The van der Waals surface area contributed by atoms with Gasteiger partial charge in [-0.05, 0) is 29.7 Å². The number of piperidine rings is 1. The summed E-state index contributed by atoms with van der Waals surface area (Å²) < 4.78 is 5.73. The second-order valence-electron chi connectivity index (χ2n) is 8.00. The minimum absolute atomic E-state index is 0.141. The van der Waals surface area contributed by atoms with Gasteiger partial charge in [-0.3, -0.25) is 19.7 Å². The zero-order chi connectivity index (χ0) is 20.7. The van der Waals surface area contributed by atoms with E-state index in [1.807, 2.05) is 36.4 Å². The van der Waals surface area contributed by atoms with Gasteiger partial charge in [0.05, 0.1) is 6.61 Å². The fraction of sp³-hybridized carbons (Fsp3) is 0.348. The Hall–Kier alpha value is -3.19. The lowest BCUT2D eigenvalue weighted by atomic mass is 10.00. The lowest BCUT2D eigenvalue weighted by molar-refractivity contribution is -0.136. The van der Waals surface area contributed by atoms with E-state index in [0.717, 1.165) is 23.3 Å². The van der Waals surface area contributed by atoms with Crippen LogP contribution in [0.15, 0.2) is 42.5 Å². The number of para-hydroxylation sites is 1. The lowest BCUT2D eigenvalue weighted by Crippen LogP contribution is -2.52. The second kappa shape index (κ2) is 7.57. The third-order valence-electron chi connectivity index (χ3n) is 6.10. The molecule has 30 heavy (non-hydrogen) atoms. The highest BCUT2D eigenvalue weighted by Crippen LogP contribution is 2.32. The summed E-state index contributed by atoms with van der Waals surface area (Å²) in [5.74, 6) is 0.133. The number of imide groups is 1. The minimum Gasteiger partial charge on any atom is -0.493 e. The average Bonchev–Trinajstić information content (AvgIpc) is 3.08. The van der Waals surface area contributed by atoms with E-state index < -0.39 is 6.04 Å². The molecule has 0 saturated carbocycles. The molecule has 2 aromatic carbocycles. The summed E-state index contributed by atoms with van der Waals surface area (Å²) in [5.41, 5.74) is 3.83. The van der Waals surface area contributed by atoms with Gasteiger partial charge in [0.1, 0.15) is 11.8 Å². The second-order valence-corrected chi connectivity index (χ2v) is 8.00. The maximum Gasteiger partial charge on any atom is 0.255 e. The molecule has 2 aromatic rings. The zero-order valence-electron chi connectivity index (χ0n) is 16.5. The number of fused-ring (bicyclic) bond motifs is 2. The molecule has 1 unspecified atom stereocenters. The van der Waals surface area contributed by atoms with Crippen LogP contribution in [0.3, 0.4) is 0 Å². The highest BCUT2D eigenvalue weighted by Gasteiger charge is 2.39. The van der Waals surface area contributed by atoms with Crippen molar-refractivity contribution < 1.29 is 19.1 Å². The van der Waals surface area contributed by atoms with Crippen LogP contribution >= 0.6 is 0 Å². The molecule has 0 aliphatic carbocycles. The maximum absolute atomic E-state index is 12.8. The molecule has 2 atom stereocenters. The van der Waals surface area contributed by atoms with Gasteiger partial charge in [0, 0.05) is 43.1 Å². The van der Waals surface area contributed by atoms with Crippen molar-refractivity contribution in [3.63, 3.8) is 0 Å². The Morgan fingerprint density at radius 2 is 1.97 bits per heavy atom. The van der Waals surface area contributed by atoms with E-state index in [-0.39, 0.29) is 30.2 Å². The number of nitrogens with one attached hydrogen (secondary N) is 2. The van der Waals surface area contributed by atoms with E-state index in [9.17, 15) is 14.4 Å². The normalized spacial score (nSPS) is 22.9. The summed E-state index contributed by atoms with van der Waals surface area (Å²) in [4.78, 5) is 38.0. The van der Waals surface area contributed by atoms with Crippen LogP contribution in [-0.2, 0) is 22.7 Å². The third kappa shape index (κ3) is 3.35. The molecule has 1 saturated heterocycles. The molecule has 7 nitrogen and oxygen atoms in total. The number of hydrogen-bond donors (Lipinski definition) is 2. The van der Waals surface area contributed by atoms with Crippen LogP contribution < -0.4 is 15.4 Å². The first-order valence-electron chi connectivity index (χ1n) is 10.3. The molecular formula is C23H23N3O4. The first-order valence-corrected chi connectivity index (χ1v) is 10.3. The van der Waals surface area contributed by atoms with Crippen LogP contribution in [0, 0.1) is 0 Å². The van der Waals surface area contributed by atoms with Gasteiger partial charge in [-0.25, -0.2) is 0 Å². The number of rotatable bonds is 4. The van der Waals surface area contributed by atoms with E-state index in [0.29, 0.717) is 31.7 Å². The number of hydrogen-bond acceptors (Lipinski definition) is 5. The summed E-state index contributed by atoms with van der Waals surface area (Å²) in [6, 6.07) is 13.6. The SMILES string of the molecule is O=C1CCC(N2Cc3cc(CN[C@H]4CCOc5ccccc54)ccc3C2=O)C(=O)N1. The largest absolute Gasteiger partial charge is 0.493 e. The fourth-order valence-electron chi connectivity index (χ4n) is 4.53. The van der Waals surface area contributed by atoms with Crippen LogP contribution in [-0.4, -0.2) is 35.3 Å². The summed E-state index contributed by atoms with van der Waals surface area (Å²) in [7, 11) is 0. The predicted molar refractivity (Wildman–Crippen MR) is 109 cm³/mol. The third-order valence-corrected chi connectivity index (χ3v) is 6.10. The van der Waals surface area contributed by atoms with Gasteiger partial charge in [-0.15, -0.1) is 0 Å². The van der Waals surface area contributed by atoms with Crippen molar-refractivity contribution in [3.8, 4) is 5.75 Å². The molecule has 1 fully saturated rings. The summed E-state index contributed by atoms with van der Waals surface area (Å²) in [6.07, 6.45) is 1.55. The first kappa shape index (κ1) is 18.8. The van der Waals surface area contributed by atoms with Gasteiger partial charge < -0.3 is 15.0 Å². The molecule has 3 amide bonds. The molecule has 3 aliphatic rings.